The molecule has 3 aliphatic carbocycles. The van der Waals surface area contributed by atoms with E-state index in [1.165, 1.54) is 18.4 Å². The lowest BCUT2D eigenvalue weighted by molar-refractivity contribution is -0.0275. The molecule has 3 saturated heterocycles. The van der Waals surface area contributed by atoms with E-state index in [9.17, 15) is 9.65 Å². The van der Waals surface area contributed by atoms with Gasteiger partial charge in [-0.25, -0.2) is 4.39 Å². The zero-order valence-corrected chi connectivity index (χ0v) is 25.8. The number of hydrogen-bond acceptors (Lipinski definition) is 8. The summed E-state index contributed by atoms with van der Waals surface area (Å²) >= 11 is 0. The SMILES string of the molecule is CN1Cc2c(nc(OC[C@@]34CCCN3C[C@H](F)C4)nc2N2C[C@H]3CC[C@@H](C2)C3NC#N)C[C@]12CCCC1(C)C=CC=CC12. The standard InChI is InChI=1S/C34H46FN7O/c1-32-10-4-3-7-28(32)34(13-5-11-32)16-27-26(20-40(34)2)30(41-17-23-8-9-24(18-41)29(23)37-22-36)39-31(38-27)43-21-33-12-6-14-42(33)19-25(35)15-33/h3-4,7,10,23-25,28-29,37H,5-6,8-9,11-21H2,1-2H3/t23-,24+,25-,28?,29?,32?,33+,34+/m1/s1. The fraction of sp³-hybridized carbons (Fsp3) is 0.735. The highest BCUT2D eigenvalue weighted by Gasteiger charge is 2.55. The summed E-state index contributed by atoms with van der Waals surface area (Å²) in [5, 5.41) is 12.5. The van der Waals surface area contributed by atoms with Crippen molar-refractivity contribution < 1.29 is 9.13 Å². The molecule has 1 spiro atoms. The molecule has 5 heterocycles. The van der Waals surface area contributed by atoms with Crippen LogP contribution in [0, 0.1) is 34.6 Å². The van der Waals surface area contributed by atoms with Crippen molar-refractivity contribution in [1.29, 1.82) is 5.26 Å². The number of nitriles is 1. The third-order valence-electron chi connectivity index (χ3n) is 12.8. The first-order chi connectivity index (χ1) is 20.8. The molecule has 9 heteroatoms. The number of halogens is 1. The number of nitrogens with one attached hydrogen (secondary N) is 1. The molecule has 2 saturated carbocycles. The average Bonchev–Trinajstić information content (AvgIpc) is 3.58. The summed E-state index contributed by atoms with van der Waals surface area (Å²) in [4.78, 5) is 17.8. The van der Waals surface area contributed by atoms with Crippen molar-refractivity contribution in [3.63, 3.8) is 0 Å². The van der Waals surface area contributed by atoms with Crippen molar-refractivity contribution in [3.05, 3.63) is 35.6 Å². The van der Waals surface area contributed by atoms with Gasteiger partial charge in [0.05, 0.1) is 11.2 Å². The van der Waals surface area contributed by atoms with E-state index in [2.05, 4.69) is 64.5 Å². The van der Waals surface area contributed by atoms with Gasteiger partial charge in [0.25, 0.3) is 0 Å². The minimum absolute atomic E-state index is 0.000725. The van der Waals surface area contributed by atoms with Gasteiger partial charge in [-0.3, -0.25) is 9.80 Å². The molecule has 8 rings (SSSR count). The van der Waals surface area contributed by atoms with Crippen LogP contribution in [-0.2, 0) is 13.0 Å². The Morgan fingerprint density at radius 3 is 2.77 bits per heavy atom. The molecule has 8 nitrogen and oxygen atoms in total. The number of piperidine rings is 1. The highest BCUT2D eigenvalue weighted by atomic mass is 19.1. The zero-order valence-electron chi connectivity index (χ0n) is 25.8. The van der Waals surface area contributed by atoms with Crippen molar-refractivity contribution in [1.82, 2.24) is 25.1 Å². The summed E-state index contributed by atoms with van der Waals surface area (Å²) in [7, 11) is 2.31. The van der Waals surface area contributed by atoms with Gasteiger partial charge in [-0.1, -0.05) is 37.6 Å². The molecule has 0 amide bonds. The fourth-order valence-electron chi connectivity index (χ4n) is 10.7. The summed E-state index contributed by atoms with van der Waals surface area (Å²) < 4.78 is 21.1. The van der Waals surface area contributed by atoms with Crippen molar-refractivity contribution in [3.8, 4) is 12.2 Å². The Kier molecular flexibility index (Phi) is 6.58. The lowest BCUT2D eigenvalue weighted by Gasteiger charge is -2.58. The second-order valence-electron chi connectivity index (χ2n) is 15.1. The van der Waals surface area contributed by atoms with Crippen molar-refractivity contribution >= 4 is 5.82 Å². The van der Waals surface area contributed by atoms with E-state index in [0.29, 0.717) is 43.3 Å². The van der Waals surface area contributed by atoms with E-state index < -0.39 is 6.17 Å². The van der Waals surface area contributed by atoms with Crippen LogP contribution in [0.3, 0.4) is 0 Å². The topological polar surface area (TPSA) is 80.6 Å². The van der Waals surface area contributed by atoms with Gasteiger partial charge >= 0.3 is 6.01 Å². The molecule has 1 aromatic heterocycles. The van der Waals surface area contributed by atoms with E-state index in [1.54, 1.807) is 0 Å². The van der Waals surface area contributed by atoms with Gasteiger partial charge in [-0.05, 0) is 69.4 Å². The molecule has 1 aromatic rings. The Hall–Kier alpha value is -2.70. The molecule has 0 aromatic carbocycles. The first-order valence-electron chi connectivity index (χ1n) is 16.7. The summed E-state index contributed by atoms with van der Waals surface area (Å²) in [6.07, 6.45) is 20.1. The smallest absolute Gasteiger partial charge is 0.318 e. The maximum Gasteiger partial charge on any atom is 0.318 e. The zero-order chi connectivity index (χ0) is 29.4. The van der Waals surface area contributed by atoms with Gasteiger partial charge in [0.1, 0.15) is 18.6 Å². The number of rotatable bonds is 5. The monoisotopic (exact) mass is 587 g/mol. The van der Waals surface area contributed by atoms with Gasteiger partial charge in [0.2, 0.25) is 0 Å². The van der Waals surface area contributed by atoms with Crippen LogP contribution in [0.1, 0.15) is 69.5 Å². The Bertz CT molecular complexity index is 1360. The molecule has 3 unspecified atom stereocenters. The maximum atomic E-state index is 14.5. The minimum Gasteiger partial charge on any atom is -0.461 e. The summed E-state index contributed by atoms with van der Waals surface area (Å²) in [5.74, 6) is 2.31. The summed E-state index contributed by atoms with van der Waals surface area (Å²) in [6, 6.07) is 0.717. The first kappa shape index (κ1) is 27.8. The second kappa shape index (κ2) is 10.2. The van der Waals surface area contributed by atoms with E-state index in [4.69, 9.17) is 14.7 Å². The van der Waals surface area contributed by atoms with Crippen molar-refractivity contribution in [2.24, 2.45) is 23.2 Å². The number of hydrogen-bond donors (Lipinski definition) is 1. The summed E-state index contributed by atoms with van der Waals surface area (Å²) in [6.45, 7) is 6.96. The van der Waals surface area contributed by atoms with Gasteiger partial charge in [0, 0.05) is 62.1 Å². The van der Waals surface area contributed by atoms with E-state index in [0.717, 1.165) is 76.2 Å². The van der Waals surface area contributed by atoms with Gasteiger partial charge in [0.15, 0.2) is 6.19 Å². The van der Waals surface area contributed by atoms with Crippen molar-refractivity contribution in [2.45, 2.75) is 94.5 Å². The van der Waals surface area contributed by atoms with Gasteiger partial charge < -0.3 is 15.0 Å². The lowest BCUT2D eigenvalue weighted by atomic mass is 9.55. The molecule has 1 N–H and O–H groups in total. The number of allylic oxidation sites excluding steroid dienone is 3. The number of aromatic nitrogens is 2. The Morgan fingerprint density at radius 1 is 1.12 bits per heavy atom. The predicted molar refractivity (Wildman–Crippen MR) is 163 cm³/mol. The largest absolute Gasteiger partial charge is 0.461 e. The highest BCUT2D eigenvalue weighted by molar-refractivity contribution is 5.53. The number of fused-ring (bicyclic) bond motifs is 6. The van der Waals surface area contributed by atoms with Crippen LogP contribution >= 0.6 is 0 Å². The molecular formula is C34H46FN7O. The van der Waals surface area contributed by atoms with Crippen LogP contribution in [0.2, 0.25) is 0 Å². The lowest BCUT2D eigenvalue weighted by Crippen LogP contribution is -2.61. The molecule has 5 fully saturated rings. The van der Waals surface area contributed by atoms with E-state index >= 15 is 0 Å². The Balaban J connectivity index is 1.15. The van der Waals surface area contributed by atoms with E-state index in [-0.39, 0.29) is 22.5 Å². The van der Waals surface area contributed by atoms with Crippen LogP contribution in [0.5, 0.6) is 6.01 Å². The Morgan fingerprint density at radius 2 is 1.95 bits per heavy atom. The highest BCUT2D eigenvalue weighted by Crippen LogP contribution is 2.55. The number of ether oxygens (including phenoxy) is 1. The van der Waals surface area contributed by atoms with Gasteiger partial charge in [-0.2, -0.15) is 15.2 Å². The molecule has 8 atom stereocenters. The number of nitrogens with zero attached hydrogens (tertiary/aromatic N) is 6. The molecule has 43 heavy (non-hydrogen) atoms. The van der Waals surface area contributed by atoms with Crippen LogP contribution in [0.15, 0.2) is 24.3 Å². The van der Waals surface area contributed by atoms with Crippen LogP contribution in [-0.4, -0.2) is 82.9 Å². The average molecular weight is 588 g/mol. The second-order valence-corrected chi connectivity index (χ2v) is 15.1. The molecule has 0 radical (unpaired) electrons. The molecule has 230 valence electrons. The number of alkyl halides is 1. The fourth-order valence-corrected chi connectivity index (χ4v) is 10.7. The third-order valence-corrected chi connectivity index (χ3v) is 12.8. The van der Waals surface area contributed by atoms with Gasteiger partial charge in [-0.15, -0.1) is 0 Å². The predicted octanol–water partition coefficient (Wildman–Crippen LogP) is 4.38. The van der Waals surface area contributed by atoms with Crippen molar-refractivity contribution in [2.75, 3.05) is 44.7 Å². The van der Waals surface area contributed by atoms with Crippen LogP contribution < -0.4 is 15.0 Å². The molecule has 2 bridgehead atoms. The molecule has 7 aliphatic rings. The minimum atomic E-state index is -0.781. The van der Waals surface area contributed by atoms with E-state index in [1.807, 2.05) is 0 Å². The van der Waals surface area contributed by atoms with Crippen LogP contribution in [0.25, 0.3) is 0 Å². The number of anilines is 1. The first-order valence-corrected chi connectivity index (χ1v) is 16.7. The maximum absolute atomic E-state index is 14.5. The third kappa shape index (κ3) is 4.34. The Labute approximate surface area is 255 Å². The normalized spacial score (nSPS) is 41.6. The summed E-state index contributed by atoms with van der Waals surface area (Å²) in [5.41, 5.74) is 2.29. The number of likely N-dealkylation sites (N-methyl/N-ethyl adjacent to an activating group) is 1. The molecule has 4 aliphatic heterocycles. The quantitative estimate of drug-likeness (QED) is 0.402. The van der Waals surface area contributed by atoms with Crippen LogP contribution in [0.4, 0.5) is 10.2 Å². The molecular weight excluding hydrogens is 541 g/mol.